The summed E-state index contributed by atoms with van der Waals surface area (Å²) in [5, 5.41) is 5.50. The van der Waals surface area contributed by atoms with Gasteiger partial charge in [0.25, 0.3) is 0 Å². The minimum absolute atomic E-state index is 0.195. The lowest BCUT2D eigenvalue weighted by atomic mass is 10.3. The monoisotopic (exact) mass is 327 g/mol. The number of ether oxygens (including phenoxy) is 1. The molecule has 0 saturated heterocycles. The molecule has 1 aromatic carbocycles. The third-order valence-corrected chi connectivity index (χ3v) is 4.85. The van der Waals surface area contributed by atoms with E-state index in [9.17, 15) is 8.42 Å². The van der Waals surface area contributed by atoms with Crippen molar-refractivity contribution in [3.63, 3.8) is 0 Å². The molecule has 0 aliphatic heterocycles. The fraction of sp³-hybridized carbons (Fsp3) is 0.308. The highest BCUT2D eigenvalue weighted by molar-refractivity contribution is 7.89. The molecule has 0 radical (unpaired) electrons. The van der Waals surface area contributed by atoms with Crippen LogP contribution in [-0.4, -0.2) is 33.6 Å². The zero-order valence-electron chi connectivity index (χ0n) is 11.6. The molecule has 0 aliphatic carbocycles. The molecule has 0 amide bonds. The molecule has 0 unspecified atom stereocenters. The summed E-state index contributed by atoms with van der Waals surface area (Å²) < 4.78 is 32.2. The van der Waals surface area contributed by atoms with Crippen molar-refractivity contribution < 1.29 is 13.2 Å². The van der Waals surface area contributed by atoms with Gasteiger partial charge in [0.05, 0.1) is 11.4 Å². The molecule has 0 atom stereocenters. The third-order valence-electron chi connectivity index (χ3n) is 2.65. The van der Waals surface area contributed by atoms with E-state index >= 15 is 0 Å². The fourth-order valence-electron chi connectivity index (χ4n) is 1.57. The second kappa shape index (κ2) is 7.51. The molecule has 0 bridgehead atoms. The molecule has 1 aromatic heterocycles. The predicted molar refractivity (Wildman–Crippen MR) is 82.0 cm³/mol. The van der Waals surface area contributed by atoms with Crippen molar-refractivity contribution in [1.29, 1.82) is 0 Å². The van der Waals surface area contributed by atoms with Crippen LogP contribution in [0.3, 0.4) is 0 Å². The minimum Gasteiger partial charge on any atom is -0.492 e. The van der Waals surface area contributed by atoms with E-state index < -0.39 is 10.0 Å². The number of nitrogens with zero attached hydrogens (tertiary/aromatic N) is 1. The highest BCUT2D eigenvalue weighted by Crippen LogP contribution is 2.16. The van der Waals surface area contributed by atoms with Crippen LogP contribution in [0.15, 0.2) is 40.7 Å². The maximum Gasteiger partial charge on any atom is 0.240 e. The molecule has 2 aromatic rings. The summed E-state index contributed by atoms with van der Waals surface area (Å²) in [7, 11) is -1.69. The second-order valence-electron chi connectivity index (χ2n) is 4.17. The molecule has 21 heavy (non-hydrogen) atoms. The van der Waals surface area contributed by atoms with Crippen LogP contribution < -0.4 is 14.8 Å². The first-order valence-electron chi connectivity index (χ1n) is 6.37. The van der Waals surface area contributed by atoms with Gasteiger partial charge in [0.15, 0.2) is 0 Å². The number of sulfonamides is 1. The van der Waals surface area contributed by atoms with Crippen LogP contribution >= 0.6 is 11.3 Å². The lowest BCUT2D eigenvalue weighted by molar-refractivity contribution is 0.318. The van der Waals surface area contributed by atoms with E-state index in [0.29, 0.717) is 12.4 Å². The molecule has 0 fully saturated rings. The second-order valence-corrected chi connectivity index (χ2v) is 6.92. The van der Waals surface area contributed by atoms with Crippen LogP contribution in [0, 0.1) is 0 Å². The van der Waals surface area contributed by atoms with E-state index in [1.165, 1.54) is 23.5 Å². The van der Waals surface area contributed by atoms with E-state index in [4.69, 9.17) is 4.74 Å². The van der Waals surface area contributed by atoms with Gasteiger partial charge in [0.1, 0.15) is 17.4 Å². The predicted octanol–water partition coefficient (Wildman–Crippen LogP) is 1.22. The average molecular weight is 327 g/mol. The molecule has 114 valence electrons. The minimum atomic E-state index is -3.53. The van der Waals surface area contributed by atoms with Crippen molar-refractivity contribution in [2.45, 2.75) is 11.4 Å². The summed E-state index contributed by atoms with van der Waals surface area (Å²) in [6.07, 6.45) is 1.64. The lowest BCUT2D eigenvalue weighted by Gasteiger charge is -2.08. The van der Waals surface area contributed by atoms with Crippen molar-refractivity contribution in [1.82, 2.24) is 15.0 Å². The zero-order valence-corrected chi connectivity index (χ0v) is 13.2. The van der Waals surface area contributed by atoms with Crippen LogP contribution in [-0.2, 0) is 16.6 Å². The first kappa shape index (κ1) is 15.9. The Labute approximate surface area is 128 Å². The molecule has 0 saturated carbocycles. The molecule has 6 nitrogen and oxygen atoms in total. The van der Waals surface area contributed by atoms with Gasteiger partial charge in [-0.3, -0.25) is 0 Å². The maximum absolute atomic E-state index is 12.1. The number of likely N-dealkylation sites (N-methyl/N-ethyl adjacent to an activating group) is 1. The van der Waals surface area contributed by atoms with E-state index in [1.807, 2.05) is 7.05 Å². The SMILES string of the molecule is CNCCOc1ccc(S(=O)(=O)NCc2nccs2)cc1. The Hall–Kier alpha value is -1.48. The number of rotatable bonds is 8. The summed E-state index contributed by atoms with van der Waals surface area (Å²) in [4.78, 5) is 4.24. The highest BCUT2D eigenvalue weighted by atomic mass is 32.2. The van der Waals surface area contributed by atoms with E-state index in [1.54, 1.807) is 23.7 Å². The largest absolute Gasteiger partial charge is 0.492 e. The third kappa shape index (κ3) is 4.78. The molecule has 2 rings (SSSR count). The fourth-order valence-corrected chi connectivity index (χ4v) is 3.20. The highest BCUT2D eigenvalue weighted by Gasteiger charge is 2.14. The Morgan fingerprint density at radius 3 is 2.67 bits per heavy atom. The Kier molecular flexibility index (Phi) is 5.68. The quantitative estimate of drug-likeness (QED) is 0.713. The average Bonchev–Trinajstić information content (AvgIpc) is 3.00. The van der Waals surface area contributed by atoms with Gasteiger partial charge in [-0.1, -0.05) is 0 Å². The van der Waals surface area contributed by atoms with Crippen LogP contribution in [0.4, 0.5) is 0 Å². The standard InChI is InChI=1S/C13H17N3O3S2/c1-14-6-8-19-11-2-4-12(5-3-11)21(17,18)16-10-13-15-7-9-20-13/h2-5,7,9,14,16H,6,8,10H2,1H3. The van der Waals surface area contributed by atoms with Gasteiger partial charge < -0.3 is 10.1 Å². The summed E-state index contributed by atoms with van der Waals surface area (Å²) in [6.45, 7) is 1.46. The topological polar surface area (TPSA) is 80.3 Å². The molecule has 2 N–H and O–H groups in total. The van der Waals surface area contributed by atoms with Gasteiger partial charge in [-0.2, -0.15) is 0 Å². The van der Waals surface area contributed by atoms with Gasteiger partial charge in [0, 0.05) is 18.1 Å². The Morgan fingerprint density at radius 1 is 1.29 bits per heavy atom. The van der Waals surface area contributed by atoms with E-state index in [2.05, 4.69) is 15.0 Å². The summed E-state index contributed by atoms with van der Waals surface area (Å²) in [5.41, 5.74) is 0. The first-order valence-corrected chi connectivity index (χ1v) is 8.73. The van der Waals surface area contributed by atoms with Crippen LogP contribution in [0.1, 0.15) is 5.01 Å². The van der Waals surface area contributed by atoms with Crippen LogP contribution in [0.2, 0.25) is 0 Å². The number of benzene rings is 1. The molecule has 0 spiro atoms. The van der Waals surface area contributed by atoms with Gasteiger partial charge >= 0.3 is 0 Å². The van der Waals surface area contributed by atoms with Gasteiger partial charge in [-0.05, 0) is 31.3 Å². The lowest BCUT2D eigenvalue weighted by Crippen LogP contribution is -2.23. The zero-order chi connectivity index (χ0) is 15.1. The Bertz CT molecular complexity index is 640. The number of hydrogen-bond donors (Lipinski definition) is 2. The van der Waals surface area contributed by atoms with Crippen molar-refractivity contribution in [3.8, 4) is 5.75 Å². The molecule has 8 heteroatoms. The molecular formula is C13H17N3O3S2. The van der Waals surface area contributed by atoms with Gasteiger partial charge in [0.2, 0.25) is 10.0 Å². The number of hydrogen-bond acceptors (Lipinski definition) is 6. The van der Waals surface area contributed by atoms with Crippen LogP contribution in [0.5, 0.6) is 5.75 Å². The Balaban J connectivity index is 1.96. The van der Waals surface area contributed by atoms with Crippen molar-refractivity contribution in [2.75, 3.05) is 20.2 Å². The molecule has 0 aliphatic rings. The smallest absolute Gasteiger partial charge is 0.240 e. The normalized spacial score (nSPS) is 11.5. The summed E-state index contributed by atoms with van der Waals surface area (Å²) >= 11 is 1.41. The molecular weight excluding hydrogens is 310 g/mol. The number of nitrogens with one attached hydrogen (secondary N) is 2. The number of aromatic nitrogens is 1. The molecule has 1 heterocycles. The summed E-state index contributed by atoms with van der Waals surface area (Å²) in [5.74, 6) is 0.643. The first-order chi connectivity index (χ1) is 10.1. The van der Waals surface area contributed by atoms with E-state index in [0.717, 1.165) is 11.6 Å². The van der Waals surface area contributed by atoms with E-state index in [-0.39, 0.29) is 11.4 Å². The Morgan fingerprint density at radius 2 is 2.05 bits per heavy atom. The van der Waals surface area contributed by atoms with Gasteiger partial charge in [-0.15, -0.1) is 11.3 Å². The maximum atomic E-state index is 12.1. The van der Waals surface area contributed by atoms with Gasteiger partial charge in [-0.25, -0.2) is 18.1 Å². The van der Waals surface area contributed by atoms with Crippen LogP contribution in [0.25, 0.3) is 0 Å². The van der Waals surface area contributed by atoms with Crippen molar-refractivity contribution in [2.24, 2.45) is 0 Å². The number of thiazole rings is 1. The summed E-state index contributed by atoms with van der Waals surface area (Å²) in [6, 6.07) is 6.35. The van der Waals surface area contributed by atoms with Crippen molar-refractivity contribution >= 4 is 21.4 Å². The van der Waals surface area contributed by atoms with Crippen molar-refractivity contribution in [3.05, 3.63) is 40.8 Å².